The van der Waals surface area contributed by atoms with E-state index in [1.54, 1.807) is 43.4 Å². The molecule has 0 bridgehead atoms. The molecule has 0 fully saturated rings. The van der Waals surface area contributed by atoms with Crippen LogP contribution in [-0.2, 0) is 16.4 Å². The molecule has 10 heteroatoms. The number of benzene rings is 2. The van der Waals surface area contributed by atoms with E-state index in [1.165, 1.54) is 24.0 Å². The van der Waals surface area contributed by atoms with E-state index in [0.717, 1.165) is 27.8 Å². The number of hydrogen-bond acceptors (Lipinski definition) is 8. The zero-order chi connectivity index (χ0) is 25.3. The standard InChI is InChI=1S/C26H24N6O2S2/c1-4-18-5-7-19(8-6-18)22-14-35-25-23(22)24(27-15-28-25)31-20-9-11-21(12-10-20)36(33,34)32-26-29-16(2)13-17(3)30-26/h5-15H,4H2,1-3H3,(H,27,28,31)(H,29,30,32). The van der Waals surface area contributed by atoms with E-state index in [-0.39, 0.29) is 10.8 Å². The Morgan fingerprint density at radius 1 is 0.917 bits per heavy atom. The normalized spacial score (nSPS) is 11.5. The van der Waals surface area contributed by atoms with Crippen LogP contribution in [0.3, 0.4) is 0 Å². The summed E-state index contributed by atoms with van der Waals surface area (Å²) in [6, 6.07) is 16.7. The average Bonchev–Trinajstić information content (AvgIpc) is 3.29. The smallest absolute Gasteiger partial charge is 0.264 e. The molecule has 8 nitrogen and oxygen atoms in total. The minimum absolute atomic E-state index is 0.0510. The number of nitrogens with one attached hydrogen (secondary N) is 2. The molecule has 5 aromatic rings. The van der Waals surface area contributed by atoms with E-state index in [2.05, 4.69) is 66.5 Å². The van der Waals surface area contributed by atoms with Crippen molar-refractivity contribution in [3.8, 4) is 11.1 Å². The zero-order valence-electron chi connectivity index (χ0n) is 20.0. The predicted octanol–water partition coefficient (Wildman–Crippen LogP) is 5.87. The maximum absolute atomic E-state index is 12.9. The lowest BCUT2D eigenvalue weighted by Crippen LogP contribution is -2.15. The molecule has 182 valence electrons. The third-order valence-electron chi connectivity index (χ3n) is 5.68. The Kier molecular flexibility index (Phi) is 6.38. The van der Waals surface area contributed by atoms with Gasteiger partial charge >= 0.3 is 0 Å². The summed E-state index contributed by atoms with van der Waals surface area (Å²) in [5.74, 6) is 0.711. The van der Waals surface area contributed by atoms with Crippen molar-refractivity contribution < 1.29 is 8.42 Å². The van der Waals surface area contributed by atoms with Gasteiger partial charge in [0.15, 0.2) is 0 Å². The fourth-order valence-corrected chi connectivity index (χ4v) is 5.77. The van der Waals surface area contributed by atoms with Gasteiger partial charge < -0.3 is 5.32 Å². The number of aromatic nitrogens is 4. The topological polar surface area (TPSA) is 110 Å². The molecule has 0 aliphatic heterocycles. The maximum Gasteiger partial charge on any atom is 0.264 e. The van der Waals surface area contributed by atoms with Gasteiger partial charge in [-0.3, -0.25) is 0 Å². The molecule has 0 saturated heterocycles. The van der Waals surface area contributed by atoms with Crippen molar-refractivity contribution in [1.29, 1.82) is 0 Å². The molecule has 0 spiro atoms. The summed E-state index contributed by atoms with van der Waals surface area (Å²) in [4.78, 5) is 18.2. The van der Waals surface area contributed by atoms with Crippen molar-refractivity contribution in [2.45, 2.75) is 32.1 Å². The van der Waals surface area contributed by atoms with Crippen molar-refractivity contribution in [2.75, 3.05) is 10.0 Å². The number of thiophene rings is 1. The summed E-state index contributed by atoms with van der Waals surface area (Å²) in [5.41, 5.74) is 5.50. The Balaban J connectivity index is 1.41. The van der Waals surface area contributed by atoms with Crippen molar-refractivity contribution in [3.63, 3.8) is 0 Å². The first-order chi connectivity index (χ1) is 17.3. The second kappa shape index (κ2) is 9.63. The van der Waals surface area contributed by atoms with Crippen LogP contribution < -0.4 is 10.0 Å². The number of anilines is 3. The maximum atomic E-state index is 12.9. The molecule has 3 heterocycles. The summed E-state index contributed by atoms with van der Waals surface area (Å²) in [6.07, 6.45) is 2.51. The van der Waals surface area contributed by atoms with E-state index in [4.69, 9.17) is 0 Å². The highest BCUT2D eigenvalue weighted by molar-refractivity contribution is 7.92. The number of nitrogens with zero attached hydrogens (tertiary/aromatic N) is 4. The van der Waals surface area contributed by atoms with Gasteiger partial charge in [0.1, 0.15) is 17.0 Å². The molecule has 0 radical (unpaired) electrons. The molecule has 0 aliphatic rings. The Morgan fingerprint density at radius 3 is 2.28 bits per heavy atom. The van der Waals surface area contributed by atoms with Gasteiger partial charge in [-0.1, -0.05) is 31.2 Å². The molecule has 2 N–H and O–H groups in total. The highest BCUT2D eigenvalue weighted by Gasteiger charge is 2.17. The average molecular weight is 517 g/mol. The molecule has 0 atom stereocenters. The summed E-state index contributed by atoms with van der Waals surface area (Å²) in [6.45, 7) is 5.71. The summed E-state index contributed by atoms with van der Waals surface area (Å²) in [5, 5.41) is 6.34. The summed E-state index contributed by atoms with van der Waals surface area (Å²) < 4.78 is 28.2. The van der Waals surface area contributed by atoms with E-state index in [0.29, 0.717) is 22.9 Å². The first-order valence-corrected chi connectivity index (χ1v) is 13.7. The van der Waals surface area contributed by atoms with Gasteiger partial charge in [-0.15, -0.1) is 11.3 Å². The minimum Gasteiger partial charge on any atom is -0.340 e. The predicted molar refractivity (Wildman–Crippen MR) is 144 cm³/mol. The summed E-state index contributed by atoms with van der Waals surface area (Å²) >= 11 is 1.56. The van der Waals surface area contributed by atoms with Crippen molar-refractivity contribution in [1.82, 2.24) is 19.9 Å². The molecule has 5 rings (SSSR count). The molecule has 0 amide bonds. The van der Waals surface area contributed by atoms with Crippen LogP contribution in [0, 0.1) is 13.8 Å². The number of sulfonamides is 1. The Bertz CT molecular complexity index is 1630. The van der Waals surface area contributed by atoms with Crippen LogP contribution in [0.2, 0.25) is 0 Å². The lowest BCUT2D eigenvalue weighted by Gasteiger charge is -2.11. The zero-order valence-corrected chi connectivity index (χ0v) is 21.6. The third-order valence-corrected chi connectivity index (χ3v) is 7.91. The third kappa shape index (κ3) is 4.91. The molecule has 0 aliphatic carbocycles. The first-order valence-electron chi connectivity index (χ1n) is 11.4. The van der Waals surface area contributed by atoms with Gasteiger partial charge in [-0.25, -0.2) is 33.1 Å². The van der Waals surface area contributed by atoms with Crippen LogP contribution in [0.25, 0.3) is 21.3 Å². The second-order valence-corrected chi connectivity index (χ2v) is 10.9. The molecule has 3 aromatic heterocycles. The second-order valence-electron chi connectivity index (χ2n) is 8.33. The molecular formula is C26H24N6O2S2. The van der Waals surface area contributed by atoms with Crippen LogP contribution in [0.1, 0.15) is 23.9 Å². The number of fused-ring (bicyclic) bond motifs is 1. The molecule has 2 aromatic carbocycles. The SMILES string of the molecule is CCc1ccc(-c2csc3ncnc(Nc4ccc(S(=O)(=O)Nc5nc(C)cc(C)n5)cc4)c23)cc1. The lowest BCUT2D eigenvalue weighted by atomic mass is 10.0. The van der Waals surface area contributed by atoms with Gasteiger partial charge in [0, 0.05) is 28.0 Å². The van der Waals surface area contributed by atoms with E-state index >= 15 is 0 Å². The fourth-order valence-electron chi connectivity index (χ4n) is 3.91. The number of hydrogen-bond donors (Lipinski definition) is 2. The van der Waals surface area contributed by atoms with Crippen molar-refractivity contribution in [3.05, 3.63) is 83.3 Å². The van der Waals surface area contributed by atoms with Crippen LogP contribution in [-0.4, -0.2) is 28.4 Å². The minimum atomic E-state index is -3.84. The van der Waals surface area contributed by atoms with Crippen LogP contribution >= 0.6 is 11.3 Å². The fraction of sp³-hybridized carbons (Fsp3) is 0.154. The van der Waals surface area contributed by atoms with Gasteiger partial charge in [0.25, 0.3) is 10.0 Å². The molecule has 36 heavy (non-hydrogen) atoms. The molecule has 0 saturated carbocycles. The van der Waals surface area contributed by atoms with E-state index in [1.807, 2.05) is 0 Å². The van der Waals surface area contributed by atoms with Crippen LogP contribution in [0.5, 0.6) is 0 Å². The Labute approximate surface area is 213 Å². The van der Waals surface area contributed by atoms with Crippen molar-refractivity contribution >= 4 is 49.0 Å². The van der Waals surface area contributed by atoms with E-state index < -0.39 is 10.0 Å². The highest BCUT2D eigenvalue weighted by atomic mass is 32.2. The summed E-state index contributed by atoms with van der Waals surface area (Å²) in [7, 11) is -3.84. The lowest BCUT2D eigenvalue weighted by molar-refractivity contribution is 0.601. The van der Waals surface area contributed by atoms with E-state index in [9.17, 15) is 8.42 Å². The van der Waals surface area contributed by atoms with Gasteiger partial charge in [0.05, 0.1) is 10.3 Å². The monoisotopic (exact) mass is 516 g/mol. The van der Waals surface area contributed by atoms with Crippen LogP contribution in [0.15, 0.2) is 71.2 Å². The van der Waals surface area contributed by atoms with Crippen molar-refractivity contribution in [2.24, 2.45) is 0 Å². The number of rotatable bonds is 7. The van der Waals surface area contributed by atoms with Gasteiger partial charge in [0.2, 0.25) is 5.95 Å². The largest absolute Gasteiger partial charge is 0.340 e. The Morgan fingerprint density at radius 2 is 1.61 bits per heavy atom. The molecule has 0 unspecified atom stereocenters. The number of aryl methyl sites for hydroxylation is 3. The first kappa shape index (κ1) is 23.8. The van der Waals surface area contributed by atoms with Gasteiger partial charge in [-0.05, 0) is 61.7 Å². The quantitative estimate of drug-likeness (QED) is 0.278. The van der Waals surface area contributed by atoms with Gasteiger partial charge in [-0.2, -0.15) is 0 Å². The molecular weight excluding hydrogens is 492 g/mol. The Hall–Kier alpha value is -3.89. The van der Waals surface area contributed by atoms with Crippen LogP contribution in [0.4, 0.5) is 17.5 Å². The highest BCUT2D eigenvalue weighted by Crippen LogP contribution is 2.37.